The molecule has 0 radical (unpaired) electrons. The summed E-state index contributed by atoms with van der Waals surface area (Å²) in [7, 11) is -4.05. The number of sulfonamides is 1. The lowest BCUT2D eigenvalue weighted by Gasteiger charge is -2.13. The number of anilines is 2. The number of hydrogen-bond donors (Lipinski definition) is 2. The Morgan fingerprint density at radius 3 is 2.52 bits per heavy atom. The first-order chi connectivity index (χ1) is 9.70. The van der Waals surface area contributed by atoms with E-state index in [1.54, 1.807) is 19.1 Å². The Hall–Kier alpha value is -1.60. The first kappa shape index (κ1) is 15.8. The van der Waals surface area contributed by atoms with E-state index >= 15 is 0 Å². The van der Waals surface area contributed by atoms with Crippen LogP contribution >= 0.6 is 15.9 Å². The lowest BCUT2D eigenvalue weighted by atomic mass is 10.1. The molecule has 112 valence electrons. The predicted octanol–water partition coefficient (Wildman–Crippen LogP) is 3.59. The number of benzene rings is 2. The van der Waals surface area contributed by atoms with Gasteiger partial charge in [-0.25, -0.2) is 12.8 Å². The second kappa shape index (κ2) is 5.65. The van der Waals surface area contributed by atoms with Crippen LogP contribution in [0.3, 0.4) is 0 Å². The summed E-state index contributed by atoms with van der Waals surface area (Å²) in [6, 6.07) is 7.47. The maximum Gasteiger partial charge on any atom is 0.264 e. The highest BCUT2D eigenvalue weighted by atomic mass is 79.9. The molecule has 0 spiro atoms. The van der Waals surface area contributed by atoms with Gasteiger partial charge in [-0.1, -0.05) is 12.1 Å². The summed E-state index contributed by atoms with van der Waals surface area (Å²) in [5, 5.41) is 0. The quantitative estimate of drug-likeness (QED) is 0.808. The highest BCUT2D eigenvalue weighted by Gasteiger charge is 2.21. The normalized spacial score (nSPS) is 11.4. The topological polar surface area (TPSA) is 72.2 Å². The van der Waals surface area contributed by atoms with Crippen molar-refractivity contribution in [3.63, 3.8) is 0 Å². The van der Waals surface area contributed by atoms with Crippen molar-refractivity contribution in [2.75, 3.05) is 10.5 Å². The summed E-state index contributed by atoms with van der Waals surface area (Å²) in [4.78, 5) is -0.482. The monoisotopic (exact) mass is 372 g/mol. The van der Waals surface area contributed by atoms with Crippen molar-refractivity contribution >= 4 is 37.3 Å². The maximum absolute atomic E-state index is 13.9. The van der Waals surface area contributed by atoms with Gasteiger partial charge in [0.15, 0.2) is 0 Å². The Bertz CT molecular complexity index is 807. The van der Waals surface area contributed by atoms with Crippen LogP contribution in [0.2, 0.25) is 0 Å². The molecule has 2 aromatic carbocycles. The van der Waals surface area contributed by atoms with Crippen LogP contribution in [0.15, 0.2) is 39.7 Å². The maximum atomic E-state index is 13.9. The number of rotatable bonds is 3. The van der Waals surface area contributed by atoms with E-state index in [1.165, 1.54) is 0 Å². The number of hydrogen-bond acceptors (Lipinski definition) is 3. The van der Waals surface area contributed by atoms with Crippen molar-refractivity contribution in [3.05, 3.63) is 51.7 Å². The molecule has 0 saturated carbocycles. The van der Waals surface area contributed by atoms with Gasteiger partial charge in [-0.2, -0.15) is 0 Å². The Kier molecular flexibility index (Phi) is 4.25. The zero-order valence-corrected chi connectivity index (χ0v) is 13.8. The van der Waals surface area contributed by atoms with E-state index in [0.717, 1.165) is 23.3 Å². The summed E-state index contributed by atoms with van der Waals surface area (Å²) in [6.07, 6.45) is 0. The van der Waals surface area contributed by atoms with E-state index in [-0.39, 0.29) is 5.69 Å². The van der Waals surface area contributed by atoms with Crippen molar-refractivity contribution in [2.45, 2.75) is 18.7 Å². The summed E-state index contributed by atoms with van der Waals surface area (Å²) < 4.78 is 41.3. The fourth-order valence-electron chi connectivity index (χ4n) is 1.80. The number of nitrogens with two attached hydrogens (primary N) is 1. The molecule has 0 aliphatic rings. The van der Waals surface area contributed by atoms with Gasteiger partial charge in [0.1, 0.15) is 10.7 Å². The van der Waals surface area contributed by atoms with Crippen LogP contribution in [0.25, 0.3) is 0 Å². The second-order valence-electron chi connectivity index (χ2n) is 4.73. The van der Waals surface area contributed by atoms with Crippen molar-refractivity contribution in [3.8, 4) is 0 Å². The van der Waals surface area contributed by atoms with Gasteiger partial charge >= 0.3 is 0 Å². The van der Waals surface area contributed by atoms with Gasteiger partial charge in [-0.3, -0.25) is 4.72 Å². The Morgan fingerprint density at radius 1 is 1.19 bits per heavy atom. The molecule has 0 heterocycles. The third kappa shape index (κ3) is 3.36. The molecule has 0 amide bonds. The SMILES string of the molecule is Cc1ccc(C)c(NS(=O)(=O)c2cc(N)c(Br)cc2F)c1. The van der Waals surface area contributed by atoms with Gasteiger partial charge < -0.3 is 5.73 Å². The molecule has 7 heteroatoms. The molecule has 0 aliphatic carbocycles. The van der Waals surface area contributed by atoms with Crippen molar-refractivity contribution < 1.29 is 12.8 Å². The predicted molar refractivity (Wildman–Crippen MR) is 85.2 cm³/mol. The minimum atomic E-state index is -4.05. The number of halogens is 2. The minimum Gasteiger partial charge on any atom is -0.398 e. The molecule has 0 atom stereocenters. The molecule has 4 nitrogen and oxygen atoms in total. The first-order valence-corrected chi connectivity index (χ1v) is 8.33. The van der Waals surface area contributed by atoms with E-state index in [1.807, 2.05) is 13.0 Å². The molecule has 0 fully saturated rings. The lowest BCUT2D eigenvalue weighted by Crippen LogP contribution is -2.16. The highest BCUT2D eigenvalue weighted by Crippen LogP contribution is 2.28. The first-order valence-electron chi connectivity index (χ1n) is 6.05. The fraction of sp³-hybridized carbons (Fsp3) is 0.143. The molecule has 0 saturated heterocycles. The van der Waals surface area contributed by atoms with Crippen LogP contribution in [0.1, 0.15) is 11.1 Å². The summed E-state index contributed by atoms with van der Waals surface area (Å²) >= 11 is 3.05. The summed E-state index contributed by atoms with van der Waals surface area (Å²) in [6.45, 7) is 3.61. The molecule has 21 heavy (non-hydrogen) atoms. The van der Waals surface area contributed by atoms with Gasteiger partial charge in [0, 0.05) is 10.2 Å². The largest absolute Gasteiger partial charge is 0.398 e. The van der Waals surface area contributed by atoms with Crippen LogP contribution < -0.4 is 10.5 Å². The standard InChI is InChI=1S/C14H14BrFN2O2S/c1-8-3-4-9(2)13(5-8)18-21(19,20)14-7-12(17)10(15)6-11(14)16/h3-7,18H,17H2,1-2H3. The minimum absolute atomic E-state index is 0.151. The van der Waals surface area contributed by atoms with Gasteiger partial charge in [0.25, 0.3) is 10.0 Å². The Labute approximate surface area is 131 Å². The molecule has 0 unspecified atom stereocenters. The smallest absolute Gasteiger partial charge is 0.264 e. The van der Waals surface area contributed by atoms with Crippen LogP contribution in [-0.2, 0) is 10.0 Å². The molecular weight excluding hydrogens is 359 g/mol. The molecule has 0 aliphatic heterocycles. The number of nitrogens with one attached hydrogen (secondary N) is 1. The van der Waals surface area contributed by atoms with Crippen molar-refractivity contribution in [1.29, 1.82) is 0 Å². The zero-order chi connectivity index (χ0) is 15.8. The third-order valence-corrected chi connectivity index (χ3v) is 5.05. The number of nitrogen functional groups attached to an aromatic ring is 1. The average molecular weight is 373 g/mol. The van der Waals surface area contributed by atoms with Crippen molar-refractivity contribution in [1.82, 2.24) is 0 Å². The second-order valence-corrected chi connectivity index (χ2v) is 7.23. The van der Waals surface area contributed by atoms with Crippen LogP contribution in [-0.4, -0.2) is 8.42 Å². The molecule has 0 aromatic heterocycles. The van der Waals surface area contributed by atoms with E-state index in [2.05, 4.69) is 20.7 Å². The van der Waals surface area contributed by atoms with Crippen LogP contribution in [0, 0.1) is 19.7 Å². The Balaban J connectivity index is 2.48. The number of aryl methyl sites for hydroxylation is 2. The van der Waals surface area contributed by atoms with Crippen LogP contribution in [0.5, 0.6) is 0 Å². The average Bonchev–Trinajstić information content (AvgIpc) is 2.37. The van der Waals surface area contributed by atoms with E-state index < -0.39 is 20.7 Å². The third-order valence-electron chi connectivity index (χ3n) is 2.98. The summed E-state index contributed by atoms with van der Waals surface area (Å²) in [5.41, 5.74) is 7.83. The van der Waals surface area contributed by atoms with Crippen molar-refractivity contribution in [2.24, 2.45) is 0 Å². The highest BCUT2D eigenvalue weighted by molar-refractivity contribution is 9.10. The van der Waals surface area contributed by atoms with E-state index in [0.29, 0.717) is 10.2 Å². The molecule has 3 N–H and O–H groups in total. The molecule has 2 aromatic rings. The molecule has 0 bridgehead atoms. The van der Waals surface area contributed by atoms with E-state index in [4.69, 9.17) is 5.73 Å². The van der Waals surface area contributed by atoms with Gasteiger partial charge in [0.2, 0.25) is 0 Å². The Morgan fingerprint density at radius 2 is 1.86 bits per heavy atom. The lowest BCUT2D eigenvalue weighted by molar-refractivity contribution is 0.570. The molecular formula is C14H14BrFN2O2S. The molecule has 2 rings (SSSR count). The summed E-state index contributed by atoms with van der Waals surface area (Å²) in [5.74, 6) is -0.867. The van der Waals surface area contributed by atoms with Gasteiger partial charge in [-0.05, 0) is 59.1 Å². The zero-order valence-electron chi connectivity index (χ0n) is 11.4. The fourth-order valence-corrected chi connectivity index (χ4v) is 3.33. The van der Waals surface area contributed by atoms with Gasteiger partial charge in [0.05, 0.1) is 5.69 Å². The van der Waals surface area contributed by atoms with E-state index in [9.17, 15) is 12.8 Å². The van der Waals surface area contributed by atoms with Gasteiger partial charge in [-0.15, -0.1) is 0 Å². The van der Waals surface area contributed by atoms with Crippen LogP contribution in [0.4, 0.5) is 15.8 Å².